The van der Waals surface area contributed by atoms with Crippen LogP contribution in [0.4, 0.5) is 0 Å². The minimum Gasteiger partial charge on any atom is -0.359 e. The summed E-state index contributed by atoms with van der Waals surface area (Å²) in [6.07, 6.45) is 2.05. The summed E-state index contributed by atoms with van der Waals surface area (Å²) in [7, 11) is 0. The van der Waals surface area contributed by atoms with Crippen LogP contribution in [-0.2, 0) is 16.0 Å². The van der Waals surface area contributed by atoms with E-state index in [0.717, 1.165) is 18.4 Å². The van der Waals surface area contributed by atoms with Gasteiger partial charge in [-0.2, -0.15) is 0 Å². The monoisotopic (exact) mass is 309 g/mol. The van der Waals surface area contributed by atoms with E-state index in [9.17, 15) is 4.79 Å². The number of rotatable bonds is 6. The van der Waals surface area contributed by atoms with Gasteiger partial charge >= 0.3 is 0 Å². The average molecular weight is 309 g/mol. The third-order valence-corrected chi connectivity index (χ3v) is 4.35. The number of benzene rings is 2. The molecule has 23 heavy (non-hydrogen) atoms. The van der Waals surface area contributed by atoms with Crippen molar-refractivity contribution in [2.24, 2.45) is 0 Å². The second-order valence-corrected chi connectivity index (χ2v) is 5.87. The van der Waals surface area contributed by atoms with E-state index in [0.29, 0.717) is 13.0 Å². The van der Waals surface area contributed by atoms with Crippen molar-refractivity contribution in [2.75, 3.05) is 6.61 Å². The van der Waals surface area contributed by atoms with Crippen LogP contribution in [0.3, 0.4) is 0 Å². The van der Waals surface area contributed by atoms with Crippen LogP contribution in [-0.4, -0.2) is 23.6 Å². The Morgan fingerprint density at radius 1 is 1.09 bits per heavy atom. The summed E-state index contributed by atoms with van der Waals surface area (Å²) in [6, 6.07) is 20.6. The Bertz CT molecular complexity index is 627. The molecule has 120 valence electrons. The zero-order valence-electron chi connectivity index (χ0n) is 13.5. The Labute approximate surface area is 137 Å². The molecule has 1 aliphatic rings. The molecule has 0 spiro atoms. The number of carbonyl (C=O) groups is 1. The van der Waals surface area contributed by atoms with Crippen LogP contribution in [0.25, 0.3) is 0 Å². The average Bonchev–Trinajstić information content (AvgIpc) is 2.95. The normalized spacial score (nSPS) is 19.1. The highest BCUT2D eigenvalue weighted by molar-refractivity contribution is 5.79. The highest BCUT2D eigenvalue weighted by atomic mass is 16.5. The van der Waals surface area contributed by atoms with Crippen molar-refractivity contribution in [3.63, 3.8) is 0 Å². The molecule has 2 aromatic carbocycles. The summed E-state index contributed by atoms with van der Waals surface area (Å²) in [4.78, 5) is 14.5. The molecule has 1 amide bonds. The topological polar surface area (TPSA) is 29.5 Å². The minimum absolute atomic E-state index is 0.0187. The van der Waals surface area contributed by atoms with Gasteiger partial charge in [-0.15, -0.1) is 0 Å². The number of hydrogen-bond acceptors (Lipinski definition) is 2. The maximum Gasteiger partial charge on any atom is 0.225 e. The van der Waals surface area contributed by atoms with Gasteiger partial charge in [-0.05, 0) is 24.5 Å². The summed E-state index contributed by atoms with van der Waals surface area (Å²) in [5.74, 6) is 0.188. The molecular formula is C20H23NO2. The lowest BCUT2D eigenvalue weighted by Gasteiger charge is -2.33. The van der Waals surface area contributed by atoms with Gasteiger partial charge in [0.05, 0.1) is 6.04 Å². The van der Waals surface area contributed by atoms with Crippen molar-refractivity contribution in [1.29, 1.82) is 0 Å². The van der Waals surface area contributed by atoms with Gasteiger partial charge in [0.2, 0.25) is 5.91 Å². The third kappa shape index (κ3) is 3.62. The molecule has 2 atom stereocenters. The summed E-state index contributed by atoms with van der Waals surface area (Å²) in [5.41, 5.74) is 2.40. The van der Waals surface area contributed by atoms with Crippen LogP contribution < -0.4 is 0 Å². The maximum absolute atomic E-state index is 12.5. The molecule has 0 radical (unpaired) electrons. The third-order valence-electron chi connectivity index (χ3n) is 4.35. The zero-order valence-corrected chi connectivity index (χ0v) is 13.5. The van der Waals surface area contributed by atoms with Gasteiger partial charge in [0, 0.05) is 19.4 Å². The van der Waals surface area contributed by atoms with Crippen molar-refractivity contribution in [3.05, 3.63) is 71.8 Å². The fraction of sp³-hybridized carbons (Fsp3) is 0.350. The Hall–Kier alpha value is -2.13. The number of ether oxygens (including phenoxy) is 1. The molecule has 3 heteroatoms. The molecule has 3 nitrogen and oxygen atoms in total. The van der Waals surface area contributed by atoms with E-state index in [2.05, 4.69) is 24.3 Å². The van der Waals surface area contributed by atoms with Gasteiger partial charge in [-0.1, -0.05) is 60.7 Å². The molecule has 1 heterocycles. The van der Waals surface area contributed by atoms with E-state index >= 15 is 0 Å². The van der Waals surface area contributed by atoms with Crippen LogP contribution >= 0.6 is 0 Å². The molecule has 2 aromatic rings. The molecular weight excluding hydrogens is 286 g/mol. The van der Waals surface area contributed by atoms with Crippen LogP contribution in [0.15, 0.2) is 60.7 Å². The van der Waals surface area contributed by atoms with E-state index < -0.39 is 0 Å². The predicted octanol–water partition coefficient (Wildman–Crippen LogP) is 3.96. The molecule has 0 aromatic heterocycles. The van der Waals surface area contributed by atoms with E-state index in [1.165, 1.54) is 5.56 Å². The van der Waals surface area contributed by atoms with Gasteiger partial charge in [-0.3, -0.25) is 4.79 Å². The van der Waals surface area contributed by atoms with Crippen LogP contribution in [0, 0.1) is 0 Å². The number of nitrogens with zero attached hydrogens (tertiary/aromatic N) is 1. The largest absolute Gasteiger partial charge is 0.359 e. The Morgan fingerprint density at radius 3 is 2.39 bits per heavy atom. The lowest BCUT2D eigenvalue weighted by Crippen LogP contribution is -2.39. The first-order chi connectivity index (χ1) is 11.3. The number of carbonyl (C=O) groups excluding carboxylic acids is 1. The second-order valence-electron chi connectivity index (χ2n) is 5.87. The molecule has 3 rings (SSSR count). The number of hydrogen-bond donors (Lipinski definition) is 0. The van der Waals surface area contributed by atoms with Crippen molar-refractivity contribution in [3.8, 4) is 0 Å². The first-order valence-electron chi connectivity index (χ1n) is 8.31. The van der Waals surface area contributed by atoms with Gasteiger partial charge < -0.3 is 9.64 Å². The number of amides is 1. The molecule has 0 bridgehead atoms. The van der Waals surface area contributed by atoms with Crippen molar-refractivity contribution < 1.29 is 9.53 Å². The molecule has 0 aliphatic carbocycles. The summed E-state index contributed by atoms with van der Waals surface area (Å²) >= 11 is 0. The first-order valence-corrected chi connectivity index (χ1v) is 8.31. The fourth-order valence-electron chi connectivity index (χ4n) is 3.30. The van der Waals surface area contributed by atoms with Gasteiger partial charge in [0.25, 0.3) is 0 Å². The molecule has 1 aliphatic heterocycles. The van der Waals surface area contributed by atoms with Crippen LogP contribution in [0.5, 0.6) is 0 Å². The molecule has 2 unspecified atom stereocenters. The fourth-order valence-corrected chi connectivity index (χ4v) is 3.30. The quantitative estimate of drug-likeness (QED) is 0.808. The number of likely N-dealkylation sites (tertiary alicyclic amines) is 1. The Balaban J connectivity index is 1.92. The molecule has 1 saturated heterocycles. The lowest BCUT2D eigenvalue weighted by molar-refractivity contribution is -0.140. The van der Waals surface area contributed by atoms with Crippen molar-refractivity contribution in [2.45, 2.75) is 38.5 Å². The van der Waals surface area contributed by atoms with Gasteiger partial charge in [-0.25, -0.2) is 0 Å². The highest BCUT2D eigenvalue weighted by Crippen LogP contribution is 2.33. The lowest BCUT2D eigenvalue weighted by atomic mass is 9.97. The Kier molecular flexibility index (Phi) is 5.09. The molecule has 0 saturated carbocycles. The standard InChI is InChI=1S/C20H23NO2/c1-2-23-20-14-13-19(22)21(20)18(17-11-7-4-8-12-17)15-16-9-5-3-6-10-16/h3-12,18,20H,2,13-15H2,1H3. The minimum atomic E-state index is -0.110. The first kappa shape index (κ1) is 15.8. The highest BCUT2D eigenvalue weighted by Gasteiger charge is 2.37. The van der Waals surface area contributed by atoms with E-state index in [1.54, 1.807) is 0 Å². The van der Waals surface area contributed by atoms with Gasteiger partial charge in [0.15, 0.2) is 0 Å². The SMILES string of the molecule is CCOC1CCC(=O)N1C(Cc1ccccc1)c1ccccc1. The van der Waals surface area contributed by atoms with Crippen LogP contribution in [0.2, 0.25) is 0 Å². The summed E-state index contributed by atoms with van der Waals surface area (Å²) in [5, 5.41) is 0. The second kappa shape index (κ2) is 7.42. The zero-order chi connectivity index (χ0) is 16.1. The van der Waals surface area contributed by atoms with E-state index in [1.807, 2.05) is 48.2 Å². The van der Waals surface area contributed by atoms with Gasteiger partial charge in [0.1, 0.15) is 6.23 Å². The molecule has 0 N–H and O–H groups in total. The van der Waals surface area contributed by atoms with Crippen molar-refractivity contribution in [1.82, 2.24) is 4.90 Å². The summed E-state index contributed by atoms with van der Waals surface area (Å²) in [6.45, 7) is 2.61. The van der Waals surface area contributed by atoms with E-state index in [4.69, 9.17) is 4.74 Å². The smallest absolute Gasteiger partial charge is 0.225 e. The maximum atomic E-state index is 12.5. The van der Waals surface area contributed by atoms with E-state index in [-0.39, 0.29) is 18.2 Å². The molecule has 1 fully saturated rings. The van der Waals surface area contributed by atoms with Crippen molar-refractivity contribution >= 4 is 5.91 Å². The predicted molar refractivity (Wildman–Crippen MR) is 90.8 cm³/mol. The van der Waals surface area contributed by atoms with Crippen LogP contribution in [0.1, 0.15) is 36.9 Å². The summed E-state index contributed by atoms with van der Waals surface area (Å²) < 4.78 is 5.83. The Morgan fingerprint density at radius 2 is 1.74 bits per heavy atom.